The second-order valence-electron chi connectivity index (χ2n) is 6.74. The van der Waals surface area contributed by atoms with E-state index in [-0.39, 0.29) is 11.5 Å². The lowest BCUT2D eigenvalue weighted by molar-refractivity contribution is 0.0224. The van der Waals surface area contributed by atoms with Gasteiger partial charge in [-0.25, -0.2) is 4.79 Å². The number of fused-ring (bicyclic) bond motifs is 6. The molecule has 1 spiro atoms. The lowest BCUT2D eigenvalue weighted by Gasteiger charge is -2.36. The molecule has 0 saturated carbocycles. The molecule has 8 heteroatoms. The van der Waals surface area contributed by atoms with Crippen LogP contribution in [-0.2, 0) is 10.3 Å². The van der Waals surface area contributed by atoms with Gasteiger partial charge in [-0.05, 0) is 30.3 Å². The van der Waals surface area contributed by atoms with Gasteiger partial charge in [0.15, 0.2) is 5.60 Å². The van der Waals surface area contributed by atoms with E-state index in [2.05, 4.69) is 15.4 Å². The lowest BCUT2D eigenvalue weighted by atomic mass is 9.77. The van der Waals surface area contributed by atoms with Crippen LogP contribution in [0.2, 0.25) is 0 Å². The smallest absolute Gasteiger partial charge is 0.340 e. The van der Waals surface area contributed by atoms with Gasteiger partial charge >= 0.3 is 5.97 Å². The number of aromatic hydroxyl groups is 2. The summed E-state index contributed by atoms with van der Waals surface area (Å²) >= 11 is 0. The van der Waals surface area contributed by atoms with Gasteiger partial charge in [-0.1, -0.05) is 23.4 Å². The number of carbonyl (C=O) groups excluding carboxylic acids is 1. The maximum absolute atomic E-state index is 12.5. The summed E-state index contributed by atoms with van der Waals surface area (Å²) in [7, 11) is 0. The van der Waals surface area contributed by atoms with Gasteiger partial charge in [-0.2, -0.15) is 0 Å². The number of H-pyrrole nitrogens is 1. The van der Waals surface area contributed by atoms with Crippen LogP contribution in [0.3, 0.4) is 0 Å². The largest absolute Gasteiger partial charge is 0.508 e. The molecule has 148 valence electrons. The maximum Gasteiger partial charge on any atom is 0.340 e. The summed E-state index contributed by atoms with van der Waals surface area (Å²) in [6.07, 6.45) is 3.24. The second-order valence-corrected chi connectivity index (χ2v) is 6.74. The van der Waals surface area contributed by atoms with Gasteiger partial charge in [0.1, 0.15) is 23.0 Å². The highest BCUT2D eigenvalue weighted by molar-refractivity contribution is 5.97. The monoisotopic (exact) mass is 401 g/mol. The lowest BCUT2D eigenvalue weighted by Crippen LogP contribution is -2.32. The van der Waals surface area contributed by atoms with E-state index in [0.29, 0.717) is 33.8 Å². The summed E-state index contributed by atoms with van der Waals surface area (Å²) in [6, 6.07) is 16.6. The Morgan fingerprint density at radius 1 is 0.867 bits per heavy atom. The predicted molar refractivity (Wildman–Crippen MR) is 104 cm³/mol. The fraction of sp³-hybridized carbons (Fsp3) is 0.0455. The van der Waals surface area contributed by atoms with Crippen LogP contribution in [0, 0.1) is 0 Å². The molecule has 0 bridgehead atoms. The minimum atomic E-state index is -1.17. The molecule has 8 nitrogen and oxygen atoms in total. The van der Waals surface area contributed by atoms with Crippen LogP contribution in [0.25, 0.3) is 0 Å². The molecule has 0 radical (unpaired) electrons. The van der Waals surface area contributed by atoms with E-state index in [1.165, 1.54) is 24.3 Å². The standard InChI is InChI=1S/C20H12O5.C2H3N3/c21-11-5-7-15-17(9-11)24-18-10-12(22)6-8-16(18)20(15)14-4-2-1-3-13(14)19(23)25-20;1-2-4-5-3-1/h1-10,21-22H;1-2H,(H,3,4,5). The van der Waals surface area contributed by atoms with E-state index in [0.717, 1.165) is 0 Å². The Kier molecular flexibility index (Phi) is 3.92. The summed E-state index contributed by atoms with van der Waals surface area (Å²) in [5, 5.41) is 28.9. The zero-order valence-corrected chi connectivity index (χ0v) is 15.4. The molecule has 0 fully saturated rings. The molecule has 3 aromatic carbocycles. The van der Waals surface area contributed by atoms with Crippen molar-refractivity contribution in [2.45, 2.75) is 5.60 Å². The normalized spacial score (nSPS) is 14.5. The third-order valence-electron chi connectivity index (χ3n) is 5.01. The first-order chi connectivity index (χ1) is 14.6. The van der Waals surface area contributed by atoms with Crippen LogP contribution >= 0.6 is 0 Å². The average Bonchev–Trinajstić information content (AvgIpc) is 3.40. The Bertz CT molecular complexity index is 1180. The summed E-state index contributed by atoms with van der Waals surface area (Å²) in [5.74, 6) is 0.408. The molecule has 2 aliphatic heterocycles. The number of phenols is 2. The van der Waals surface area contributed by atoms with Crippen LogP contribution in [-0.4, -0.2) is 31.6 Å². The predicted octanol–water partition coefficient (Wildman–Crippen LogP) is 3.47. The Balaban J connectivity index is 0.000000340. The minimum Gasteiger partial charge on any atom is -0.508 e. The number of esters is 1. The first-order valence-corrected chi connectivity index (χ1v) is 9.08. The van der Waals surface area contributed by atoms with E-state index in [1.54, 1.807) is 36.7 Å². The van der Waals surface area contributed by atoms with Gasteiger partial charge in [0.05, 0.1) is 11.8 Å². The molecule has 6 rings (SSSR count). The molecular weight excluding hydrogens is 386 g/mol. The van der Waals surface area contributed by atoms with Gasteiger partial charge in [-0.3, -0.25) is 5.10 Å². The van der Waals surface area contributed by atoms with Gasteiger partial charge in [0.2, 0.25) is 0 Å². The Morgan fingerprint density at radius 2 is 1.53 bits per heavy atom. The van der Waals surface area contributed by atoms with Crippen LogP contribution in [0.4, 0.5) is 0 Å². The first-order valence-electron chi connectivity index (χ1n) is 9.08. The summed E-state index contributed by atoms with van der Waals surface area (Å²) < 4.78 is 11.8. The third kappa shape index (κ3) is 2.58. The molecule has 0 saturated heterocycles. The molecule has 3 N–H and O–H groups in total. The Labute approximate surface area is 170 Å². The van der Waals surface area contributed by atoms with Gasteiger partial charge in [0.25, 0.3) is 0 Å². The number of phenolic OH excluding ortho intramolecular Hbond substituents is 2. The average molecular weight is 401 g/mol. The number of rotatable bonds is 0. The summed E-state index contributed by atoms with van der Waals surface area (Å²) in [4.78, 5) is 12.5. The van der Waals surface area contributed by atoms with Crippen molar-refractivity contribution in [2.75, 3.05) is 0 Å². The van der Waals surface area contributed by atoms with Crippen molar-refractivity contribution in [1.82, 2.24) is 15.4 Å². The molecule has 1 aromatic heterocycles. The van der Waals surface area contributed by atoms with Crippen molar-refractivity contribution in [3.05, 3.63) is 95.3 Å². The Morgan fingerprint density at radius 3 is 2.10 bits per heavy atom. The molecule has 0 unspecified atom stereocenters. The summed E-state index contributed by atoms with van der Waals surface area (Å²) in [6.45, 7) is 0. The highest BCUT2D eigenvalue weighted by atomic mass is 16.6. The molecule has 30 heavy (non-hydrogen) atoms. The molecule has 0 aliphatic carbocycles. The van der Waals surface area contributed by atoms with Crippen LogP contribution in [0.1, 0.15) is 27.0 Å². The number of nitrogens with zero attached hydrogens (tertiary/aromatic N) is 2. The van der Waals surface area contributed by atoms with Crippen LogP contribution in [0.15, 0.2) is 73.1 Å². The van der Waals surface area contributed by atoms with Crippen molar-refractivity contribution in [3.63, 3.8) is 0 Å². The highest BCUT2D eigenvalue weighted by Gasteiger charge is 2.53. The Hall–Kier alpha value is -4.33. The number of ether oxygens (including phenoxy) is 2. The zero-order valence-electron chi connectivity index (χ0n) is 15.4. The summed E-state index contributed by atoms with van der Waals surface area (Å²) in [5.41, 5.74) is 1.28. The van der Waals surface area contributed by atoms with Crippen molar-refractivity contribution in [3.8, 4) is 23.0 Å². The number of aromatic nitrogens is 3. The van der Waals surface area contributed by atoms with Gasteiger partial charge < -0.3 is 19.7 Å². The van der Waals surface area contributed by atoms with E-state index in [4.69, 9.17) is 9.47 Å². The zero-order chi connectivity index (χ0) is 20.7. The van der Waals surface area contributed by atoms with Crippen LogP contribution in [0.5, 0.6) is 23.0 Å². The minimum absolute atomic E-state index is 0.0371. The van der Waals surface area contributed by atoms with Crippen molar-refractivity contribution < 1.29 is 24.5 Å². The number of hydrogen-bond donors (Lipinski definition) is 3. The molecule has 4 aromatic rings. The van der Waals surface area contributed by atoms with Crippen molar-refractivity contribution in [2.24, 2.45) is 0 Å². The van der Waals surface area contributed by atoms with E-state index < -0.39 is 11.6 Å². The second kappa shape index (κ2) is 6.63. The van der Waals surface area contributed by atoms with E-state index in [1.807, 2.05) is 12.1 Å². The topological polar surface area (TPSA) is 118 Å². The number of benzene rings is 3. The molecule has 0 atom stereocenters. The number of carbonyl (C=O) groups is 1. The van der Waals surface area contributed by atoms with Crippen molar-refractivity contribution in [1.29, 1.82) is 0 Å². The maximum atomic E-state index is 12.5. The first kappa shape index (κ1) is 17.7. The number of hydrogen-bond acceptors (Lipinski definition) is 7. The molecule has 2 aliphatic rings. The highest BCUT2D eigenvalue weighted by Crippen LogP contribution is 2.56. The third-order valence-corrected chi connectivity index (χ3v) is 5.01. The van der Waals surface area contributed by atoms with E-state index >= 15 is 0 Å². The number of aromatic amines is 1. The van der Waals surface area contributed by atoms with E-state index in [9.17, 15) is 15.0 Å². The van der Waals surface area contributed by atoms with Gasteiger partial charge in [-0.15, -0.1) is 5.10 Å². The molecular formula is C22H15N3O5. The number of nitrogens with one attached hydrogen (secondary N) is 1. The van der Waals surface area contributed by atoms with Gasteiger partial charge in [0, 0.05) is 35.0 Å². The van der Waals surface area contributed by atoms with Crippen molar-refractivity contribution >= 4 is 5.97 Å². The quantitative estimate of drug-likeness (QED) is 0.386. The molecule has 0 amide bonds. The molecule has 3 heterocycles. The fourth-order valence-corrected chi connectivity index (χ4v) is 3.82. The SMILES string of the molecule is O=C1OC2(c3ccc(O)cc3Oc3cc(O)ccc32)c2ccccc21.c1c[nH]nn1. The fourth-order valence-electron chi connectivity index (χ4n) is 3.82. The van der Waals surface area contributed by atoms with Crippen LogP contribution < -0.4 is 4.74 Å².